The van der Waals surface area contributed by atoms with Gasteiger partial charge in [-0.1, -0.05) is 23.9 Å². The SMILES string of the molecule is COC(=O)c1cccc(CSc2nncn2C2CC2)c1. The lowest BCUT2D eigenvalue weighted by atomic mass is 10.1. The first-order valence-corrected chi connectivity index (χ1v) is 7.46. The van der Waals surface area contributed by atoms with Gasteiger partial charge in [0.1, 0.15) is 6.33 Å². The molecule has 1 aliphatic rings. The third kappa shape index (κ3) is 2.85. The van der Waals surface area contributed by atoms with Crippen LogP contribution in [0.5, 0.6) is 0 Å². The van der Waals surface area contributed by atoms with Crippen LogP contribution >= 0.6 is 11.8 Å². The van der Waals surface area contributed by atoms with Crippen LogP contribution in [0.25, 0.3) is 0 Å². The Labute approximate surface area is 121 Å². The maximum absolute atomic E-state index is 11.5. The molecule has 0 bridgehead atoms. The summed E-state index contributed by atoms with van der Waals surface area (Å²) < 4.78 is 6.86. The van der Waals surface area contributed by atoms with E-state index in [1.54, 1.807) is 24.2 Å². The Bertz CT molecular complexity index is 622. The summed E-state index contributed by atoms with van der Waals surface area (Å²) in [6, 6.07) is 8.06. The number of rotatable bonds is 5. The van der Waals surface area contributed by atoms with E-state index in [0.717, 1.165) is 16.5 Å². The minimum absolute atomic E-state index is 0.307. The highest BCUT2D eigenvalue weighted by molar-refractivity contribution is 7.98. The summed E-state index contributed by atoms with van der Waals surface area (Å²) in [6.07, 6.45) is 4.22. The van der Waals surface area contributed by atoms with E-state index in [0.29, 0.717) is 11.6 Å². The van der Waals surface area contributed by atoms with Gasteiger partial charge in [-0.05, 0) is 30.5 Å². The zero-order valence-electron chi connectivity index (χ0n) is 11.2. The topological polar surface area (TPSA) is 57.0 Å². The van der Waals surface area contributed by atoms with Crippen molar-refractivity contribution in [3.8, 4) is 0 Å². The van der Waals surface area contributed by atoms with Crippen molar-refractivity contribution in [1.29, 1.82) is 0 Å². The molecule has 0 atom stereocenters. The van der Waals surface area contributed by atoms with Gasteiger partial charge in [0.2, 0.25) is 0 Å². The van der Waals surface area contributed by atoms with Crippen molar-refractivity contribution in [1.82, 2.24) is 14.8 Å². The Morgan fingerprint density at radius 1 is 1.50 bits per heavy atom. The van der Waals surface area contributed by atoms with Gasteiger partial charge >= 0.3 is 5.97 Å². The number of esters is 1. The molecule has 6 heteroatoms. The second kappa shape index (κ2) is 5.66. The van der Waals surface area contributed by atoms with E-state index in [9.17, 15) is 4.79 Å². The van der Waals surface area contributed by atoms with Crippen LogP contribution in [0.3, 0.4) is 0 Å². The highest BCUT2D eigenvalue weighted by Gasteiger charge is 2.26. The van der Waals surface area contributed by atoms with Crippen molar-refractivity contribution < 1.29 is 9.53 Å². The van der Waals surface area contributed by atoms with E-state index in [1.807, 2.05) is 18.2 Å². The van der Waals surface area contributed by atoms with Crippen LogP contribution in [-0.2, 0) is 10.5 Å². The van der Waals surface area contributed by atoms with Crippen molar-refractivity contribution in [3.63, 3.8) is 0 Å². The second-order valence-corrected chi connectivity index (χ2v) is 5.68. The first-order valence-electron chi connectivity index (χ1n) is 6.47. The van der Waals surface area contributed by atoms with Crippen LogP contribution in [0.2, 0.25) is 0 Å². The van der Waals surface area contributed by atoms with Gasteiger partial charge in [0.15, 0.2) is 5.16 Å². The van der Waals surface area contributed by atoms with Gasteiger partial charge in [-0.25, -0.2) is 4.79 Å². The summed E-state index contributed by atoms with van der Waals surface area (Å²) in [5.74, 6) is 0.453. The highest BCUT2D eigenvalue weighted by Crippen LogP contribution is 2.37. The predicted octanol–water partition coefficient (Wildman–Crippen LogP) is 2.69. The molecule has 5 nitrogen and oxygen atoms in total. The first-order chi connectivity index (χ1) is 9.78. The van der Waals surface area contributed by atoms with Gasteiger partial charge in [-0.15, -0.1) is 10.2 Å². The van der Waals surface area contributed by atoms with Gasteiger partial charge < -0.3 is 9.30 Å². The van der Waals surface area contributed by atoms with Gasteiger partial charge in [-0.2, -0.15) is 0 Å². The van der Waals surface area contributed by atoms with Gasteiger partial charge in [0, 0.05) is 11.8 Å². The molecule has 2 aromatic rings. The van der Waals surface area contributed by atoms with Crippen molar-refractivity contribution in [2.45, 2.75) is 29.8 Å². The fourth-order valence-electron chi connectivity index (χ4n) is 1.99. The molecule has 1 aromatic heterocycles. The molecule has 1 aromatic carbocycles. The third-order valence-corrected chi connectivity index (χ3v) is 4.22. The molecule has 0 saturated heterocycles. The Kier molecular flexibility index (Phi) is 3.73. The largest absolute Gasteiger partial charge is 0.465 e. The molecule has 0 spiro atoms. The lowest BCUT2D eigenvalue weighted by Gasteiger charge is -2.05. The number of methoxy groups -OCH3 is 1. The molecule has 1 heterocycles. The summed E-state index contributed by atoms with van der Waals surface area (Å²) in [5.41, 5.74) is 1.65. The molecular formula is C14H15N3O2S. The number of thioether (sulfide) groups is 1. The minimum atomic E-state index is -0.307. The van der Waals surface area contributed by atoms with E-state index in [2.05, 4.69) is 14.8 Å². The number of hydrogen-bond acceptors (Lipinski definition) is 5. The van der Waals surface area contributed by atoms with Gasteiger partial charge in [0.25, 0.3) is 0 Å². The molecule has 0 N–H and O–H groups in total. The summed E-state index contributed by atoms with van der Waals surface area (Å²) in [5, 5.41) is 9.06. The molecule has 1 saturated carbocycles. The number of aromatic nitrogens is 3. The lowest BCUT2D eigenvalue weighted by Crippen LogP contribution is -2.01. The smallest absolute Gasteiger partial charge is 0.337 e. The Balaban J connectivity index is 1.68. The maximum atomic E-state index is 11.5. The molecule has 3 rings (SSSR count). The van der Waals surface area contributed by atoms with Crippen LogP contribution in [0.15, 0.2) is 35.7 Å². The van der Waals surface area contributed by atoms with Crippen molar-refractivity contribution in [3.05, 3.63) is 41.7 Å². The van der Waals surface area contributed by atoms with E-state index < -0.39 is 0 Å². The zero-order chi connectivity index (χ0) is 13.9. The van der Waals surface area contributed by atoms with Crippen molar-refractivity contribution in [2.24, 2.45) is 0 Å². The summed E-state index contributed by atoms with van der Waals surface area (Å²) in [6.45, 7) is 0. The van der Waals surface area contributed by atoms with E-state index in [4.69, 9.17) is 4.74 Å². The quantitative estimate of drug-likeness (QED) is 0.625. The van der Waals surface area contributed by atoms with Crippen molar-refractivity contribution in [2.75, 3.05) is 7.11 Å². The number of ether oxygens (including phenoxy) is 1. The van der Waals surface area contributed by atoms with Crippen LogP contribution in [0.1, 0.15) is 34.8 Å². The van der Waals surface area contributed by atoms with E-state index in [1.165, 1.54) is 20.0 Å². The number of carbonyl (C=O) groups is 1. The number of hydrogen-bond donors (Lipinski definition) is 0. The maximum Gasteiger partial charge on any atom is 0.337 e. The molecule has 104 valence electrons. The standard InChI is InChI=1S/C14H15N3O2S/c1-19-13(18)11-4-2-3-10(7-11)8-20-14-16-15-9-17(14)12-5-6-12/h2-4,7,9,12H,5-6,8H2,1H3. The van der Waals surface area contributed by atoms with Crippen LogP contribution < -0.4 is 0 Å². The molecule has 0 unspecified atom stereocenters. The number of nitrogens with zero attached hydrogens (tertiary/aromatic N) is 3. The number of benzene rings is 1. The van der Waals surface area contributed by atoms with E-state index >= 15 is 0 Å². The summed E-state index contributed by atoms with van der Waals surface area (Å²) in [7, 11) is 1.39. The fraction of sp³-hybridized carbons (Fsp3) is 0.357. The molecule has 0 amide bonds. The number of carbonyl (C=O) groups excluding carboxylic acids is 1. The normalized spacial score (nSPS) is 14.2. The van der Waals surface area contributed by atoms with Gasteiger partial charge in [-0.3, -0.25) is 0 Å². The summed E-state index contributed by atoms with van der Waals surface area (Å²) in [4.78, 5) is 11.5. The lowest BCUT2D eigenvalue weighted by molar-refractivity contribution is 0.0600. The molecule has 0 aliphatic heterocycles. The zero-order valence-corrected chi connectivity index (χ0v) is 12.0. The minimum Gasteiger partial charge on any atom is -0.465 e. The second-order valence-electron chi connectivity index (χ2n) is 4.73. The first kappa shape index (κ1) is 13.2. The molecule has 20 heavy (non-hydrogen) atoms. The Morgan fingerprint density at radius 2 is 2.35 bits per heavy atom. The fourth-order valence-corrected chi connectivity index (χ4v) is 2.92. The average molecular weight is 289 g/mol. The van der Waals surface area contributed by atoms with Crippen LogP contribution in [-0.4, -0.2) is 27.8 Å². The van der Waals surface area contributed by atoms with Crippen LogP contribution in [0.4, 0.5) is 0 Å². The average Bonchev–Trinajstić information content (AvgIpc) is 3.23. The molecule has 1 aliphatic carbocycles. The highest BCUT2D eigenvalue weighted by atomic mass is 32.2. The molecule has 0 radical (unpaired) electrons. The van der Waals surface area contributed by atoms with Gasteiger partial charge in [0.05, 0.1) is 12.7 Å². The Morgan fingerprint density at radius 3 is 3.10 bits per heavy atom. The monoisotopic (exact) mass is 289 g/mol. The van der Waals surface area contributed by atoms with Crippen LogP contribution in [0, 0.1) is 0 Å². The third-order valence-electron chi connectivity index (χ3n) is 3.20. The van der Waals surface area contributed by atoms with E-state index in [-0.39, 0.29) is 5.97 Å². The predicted molar refractivity (Wildman–Crippen MR) is 75.6 cm³/mol. The molecule has 1 fully saturated rings. The summed E-state index contributed by atoms with van der Waals surface area (Å²) >= 11 is 1.64. The Hall–Kier alpha value is -1.82. The molecular weight excluding hydrogens is 274 g/mol. The van der Waals surface area contributed by atoms with Crippen molar-refractivity contribution >= 4 is 17.7 Å².